The highest BCUT2D eigenvalue weighted by atomic mass is 32.1. The van der Waals surface area contributed by atoms with E-state index in [4.69, 9.17) is 5.26 Å². The molecule has 1 fully saturated rings. The lowest BCUT2D eigenvalue weighted by Gasteiger charge is -2.33. The quantitative estimate of drug-likeness (QED) is 0.430. The number of amides is 2. The highest BCUT2D eigenvalue weighted by Gasteiger charge is 2.25. The van der Waals surface area contributed by atoms with Crippen LogP contribution in [0.2, 0.25) is 0 Å². The lowest BCUT2D eigenvalue weighted by Crippen LogP contribution is -2.42. The summed E-state index contributed by atoms with van der Waals surface area (Å²) in [5, 5.41) is 15.1. The number of piperidine rings is 1. The van der Waals surface area contributed by atoms with E-state index in [0.29, 0.717) is 33.7 Å². The Labute approximate surface area is 205 Å². The zero-order valence-electron chi connectivity index (χ0n) is 19.9. The summed E-state index contributed by atoms with van der Waals surface area (Å²) in [4.78, 5) is 30.2. The largest absolute Gasteiger partial charge is 0.351 e. The fourth-order valence-electron chi connectivity index (χ4n) is 4.78. The van der Waals surface area contributed by atoms with E-state index in [1.54, 1.807) is 6.20 Å². The fraction of sp³-hybridized carbons (Fsp3) is 0.462. The molecule has 0 unspecified atom stereocenters. The number of nitrogens with one attached hydrogen (secondary N) is 2. The molecular weight excluding hydrogens is 446 g/mol. The van der Waals surface area contributed by atoms with E-state index in [1.165, 1.54) is 17.6 Å². The Kier molecular flexibility index (Phi) is 7.86. The van der Waals surface area contributed by atoms with Crippen LogP contribution >= 0.6 is 11.4 Å². The van der Waals surface area contributed by atoms with Gasteiger partial charge in [-0.3, -0.25) is 9.59 Å². The second kappa shape index (κ2) is 11.0. The second-order valence-corrected chi connectivity index (χ2v) is 10.5. The van der Waals surface area contributed by atoms with Gasteiger partial charge in [0.25, 0.3) is 5.91 Å². The van der Waals surface area contributed by atoms with E-state index in [1.807, 2.05) is 30.0 Å². The molecule has 0 atom stereocenters. The molecule has 0 radical (unpaired) electrons. The van der Waals surface area contributed by atoms with Crippen LogP contribution in [0.25, 0.3) is 5.57 Å². The van der Waals surface area contributed by atoms with Gasteiger partial charge in [0.1, 0.15) is 11.1 Å². The summed E-state index contributed by atoms with van der Waals surface area (Å²) in [5.74, 6) is 0.394. The van der Waals surface area contributed by atoms with Gasteiger partial charge >= 0.3 is 0 Å². The molecule has 34 heavy (non-hydrogen) atoms. The zero-order valence-corrected chi connectivity index (χ0v) is 20.8. The Morgan fingerprint density at radius 1 is 1.26 bits per heavy atom. The first kappa shape index (κ1) is 24.2. The second-order valence-electron chi connectivity index (χ2n) is 9.37. The summed E-state index contributed by atoms with van der Waals surface area (Å²) in [6, 6.07) is 8.48. The van der Waals surface area contributed by atoms with Crippen LogP contribution in [-0.2, 0) is 9.59 Å². The zero-order chi connectivity index (χ0) is 24.1. The molecule has 0 spiro atoms. The molecule has 2 N–H and O–H groups in total. The number of thiol groups is 1. The number of hydrogen-bond donors (Lipinski definition) is 3. The van der Waals surface area contributed by atoms with Crippen LogP contribution in [0.1, 0.15) is 55.6 Å². The van der Waals surface area contributed by atoms with E-state index < -0.39 is 0 Å². The minimum atomic E-state index is -0.207. The maximum Gasteiger partial charge on any atom is 0.278 e. The molecule has 2 amide bonds. The van der Waals surface area contributed by atoms with E-state index in [2.05, 4.69) is 34.9 Å². The molecule has 1 saturated heterocycles. The predicted molar refractivity (Wildman–Crippen MR) is 139 cm³/mol. The van der Waals surface area contributed by atoms with E-state index in [0.717, 1.165) is 56.4 Å². The normalized spacial score (nSPS) is 18.8. The summed E-state index contributed by atoms with van der Waals surface area (Å²) in [6.45, 7) is 2.02. The third-order valence-corrected chi connectivity index (χ3v) is 7.63. The number of anilines is 1. The number of nitriles is 1. The maximum atomic E-state index is 12.9. The molecule has 0 bridgehead atoms. The average Bonchev–Trinajstić information content (AvgIpc) is 3.34. The smallest absolute Gasteiger partial charge is 0.278 e. The molecule has 1 aromatic carbocycles. The van der Waals surface area contributed by atoms with Gasteiger partial charge in [-0.25, -0.2) is 0 Å². The first-order chi connectivity index (χ1) is 16.4. The van der Waals surface area contributed by atoms with Gasteiger partial charge in [-0.15, -0.1) is 11.4 Å². The van der Waals surface area contributed by atoms with Gasteiger partial charge in [0.15, 0.2) is 0 Å². The summed E-state index contributed by atoms with van der Waals surface area (Å²) >= 11 is 0.610. The van der Waals surface area contributed by atoms with Crippen molar-refractivity contribution < 1.29 is 9.59 Å². The van der Waals surface area contributed by atoms with Crippen molar-refractivity contribution in [2.45, 2.75) is 44.4 Å². The molecule has 7 nitrogen and oxygen atoms in total. The van der Waals surface area contributed by atoms with Gasteiger partial charge in [0.05, 0.1) is 11.4 Å². The molecule has 2 aliphatic heterocycles. The lowest BCUT2D eigenvalue weighted by atomic mass is 9.85. The molecule has 8 heteroatoms. The number of likely N-dealkylation sites (N-methyl/N-ethyl adjacent to an activating group) is 1. The van der Waals surface area contributed by atoms with Crippen LogP contribution in [0, 0.1) is 11.3 Å². The standard InChI is InChI=1S/C26H33N5O2S/c1-30(2)17-24(32)31-12-10-18(11-13-31)20-8-9-23(22(14-20)19-6-4-3-5-7-19)29-25(33)26-28-16-21(15-27)34-26/h6,8-9,14,16,18,28,34H,3-5,7,10-13,17H2,1-2H3,(H,29,33). The average molecular weight is 480 g/mol. The molecule has 2 heterocycles. The van der Waals surface area contributed by atoms with Crippen molar-refractivity contribution >= 4 is 39.4 Å². The third kappa shape index (κ3) is 5.78. The molecule has 0 saturated carbocycles. The van der Waals surface area contributed by atoms with Gasteiger partial charge in [0.2, 0.25) is 5.91 Å². The molecule has 1 aliphatic carbocycles. The van der Waals surface area contributed by atoms with Crippen LogP contribution < -0.4 is 10.6 Å². The molecule has 0 aromatic heterocycles. The maximum absolute atomic E-state index is 12.9. The van der Waals surface area contributed by atoms with Crippen LogP contribution in [0.5, 0.6) is 0 Å². The van der Waals surface area contributed by atoms with Crippen molar-refractivity contribution in [2.24, 2.45) is 0 Å². The Bertz CT molecular complexity index is 1090. The molecule has 1 aromatic rings. The number of likely N-dealkylation sites (tertiary alicyclic amines) is 1. The summed E-state index contributed by atoms with van der Waals surface area (Å²) in [7, 11) is 3.85. The molecule has 4 rings (SSSR count). The summed E-state index contributed by atoms with van der Waals surface area (Å²) in [5.41, 5.74) is 4.48. The highest BCUT2D eigenvalue weighted by molar-refractivity contribution is 8.04. The fourth-order valence-corrected chi connectivity index (χ4v) is 5.49. The third-order valence-electron chi connectivity index (χ3n) is 6.61. The number of carbonyl (C=O) groups excluding carboxylic acids is 2. The highest BCUT2D eigenvalue weighted by Crippen LogP contribution is 2.36. The Balaban J connectivity index is 1.51. The van der Waals surface area contributed by atoms with Crippen molar-refractivity contribution in [1.82, 2.24) is 15.1 Å². The topological polar surface area (TPSA) is 88.5 Å². The number of carbonyl (C=O) groups is 2. The van der Waals surface area contributed by atoms with Crippen LogP contribution in [-0.4, -0.2) is 60.3 Å². The molecule has 3 aliphatic rings. The van der Waals surface area contributed by atoms with Crippen molar-refractivity contribution in [3.05, 3.63) is 46.5 Å². The summed E-state index contributed by atoms with van der Waals surface area (Å²) < 4.78 is 0. The van der Waals surface area contributed by atoms with Gasteiger partial charge in [0, 0.05) is 30.5 Å². The van der Waals surface area contributed by atoms with Crippen molar-refractivity contribution in [2.75, 3.05) is 39.0 Å². The Hall–Kier alpha value is -2.89. The molecule has 180 valence electrons. The minimum Gasteiger partial charge on any atom is -0.351 e. The van der Waals surface area contributed by atoms with E-state index >= 15 is 0 Å². The number of rotatable bonds is 6. The van der Waals surface area contributed by atoms with Crippen LogP contribution in [0.3, 0.4) is 0 Å². The Morgan fingerprint density at radius 2 is 2.06 bits per heavy atom. The van der Waals surface area contributed by atoms with Gasteiger partial charge in [-0.05, 0) is 81.8 Å². The van der Waals surface area contributed by atoms with Crippen molar-refractivity contribution in [3.63, 3.8) is 0 Å². The van der Waals surface area contributed by atoms with Crippen molar-refractivity contribution in [3.8, 4) is 6.07 Å². The monoisotopic (exact) mass is 479 g/mol. The number of allylic oxidation sites excluding steroid dienone is 3. The predicted octanol–water partition coefficient (Wildman–Crippen LogP) is 3.41. The summed E-state index contributed by atoms with van der Waals surface area (Å²) in [6.07, 6.45) is 10.2. The minimum absolute atomic E-state index is 0.195. The van der Waals surface area contributed by atoms with Gasteiger partial charge < -0.3 is 20.4 Å². The van der Waals surface area contributed by atoms with Crippen molar-refractivity contribution in [1.29, 1.82) is 5.26 Å². The van der Waals surface area contributed by atoms with Gasteiger partial charge in [-0.2, -0.15) is 5.26 Å². The van der Waals surface area contributed by atoms with Crippen LogP contribution in [0.15, 0.2) is 35.4 Å². The van der Waals surface area contributed by atoms with E-state index in [9.17, 15) is 9.59 Å². The SMILES string of the molecule is CN(C)CC(=O)N1CCC(c2ccc(NC(=O)C3=[SH]C(C#N)=CN3)c(C3=CCCCC3)c2)CC1. The Morgan fingerprint density at radius 3 is 2.71 bits per heavy atom. The lowest BCUT2D eigenvalue weighted by molar-refractivity contribution is -0.132. The number of benzene rings is 1. The number of hydrogen-bond acceptors (Lipinski definition) is 5. The van der Waals surface area contributed by atoms with Crippen LogP contribution in [0.4, 0.5) is 5.69 Å². The first-order valence-electron chi connectivity index (χ1n) is 12.0. The van der Waals surface area contributed by atoms with E-state index in [-0.39, 0.29) is 11.8 Å². The van der Waals surface area contributed by atoms with Gasteiger partial charge in [-0.1, -0.05) is 12.1 Å². The number of nitrogens with zero attached hydrogens (tertiary/aromatic N) is 3. The first-order valence-corrected chi connectivity index (χ1v) is 12.9. The molecular formula is C26H33N5O2S.